The molecule has 6 nitrogen and oxygen atoms in total. The highest BCUT2D eigenvalue weighted by molar-refractivity contribution is 6.52. The van der Waals surface area contributed by atoms with Crippen molar-refractivity contribution in [1.29, 1.82) is 0 Å². The number of dihydropyridines is 1. The number of rotatable bonds is 0. The molecule has 13 heavy (non-hydrogen) atoms. The number of hydrogen-bond acceptors (Lipinski definition) is 3. The van der Waals surface area contributed by atoms with Gasteiger partial charge in [-0.05, 0) is 0 Å². The number of nitrogens with one attached hydrogen (secondary N) is 1. The third kappa shape index (κ3) is 1.18. The Morgan fingerprint density at radius 2 is 2.00 bits per heavy atom. The number of amides is 4. The van der Waals surface area contributed by atoms with Crippen molar-refractivity contribution in [3.63, 3.8) is 0 Å². The van der Waals surface area contributed by atoms with E-state index in [4.69, 9.17) is 0 Å². The Labute approximate surface area is 72.1 Å². The molecule has 0 saturated heterocycles. The number of hydrogen-bond donors (Lipinski definition) is 1. The van der Waals surface area contributed by atoms with Crippen LogP contribution in [-0.2, 0) is 9.59 Å². The van der Waals surface area contributed by atoms with E-state index in [1.54, 1.807) is 0 Å². The lowest BCUT2D eigenvalue weighted by atomic mass is 10.1. The maximum atomic E-state index is 11.1. The summed E-state index contributed by atoms with van der Waals surface area (Å²) < 4.78 is 0. The Bertz CT molecular complexity index is 417. The van der Waals surface area contributed by atoms with E-state index in [9.17, 15) is 14.4 Å². The van der Waals surface area contributed by atoms with Gasteiger partial charge in [0, 0.05) is 6.08 Å². The van der Waals surface area contributed by atoms with E-state index in [1.807, 2.05) is 5.32 Å². The normalized spacial score (nSPS) is 20.5. The minimum atomic E-state index is -0.738. The number of carbonyl (C=O) groups excluding carboxylic acids is 3. The van der Waals surface area contributed by atoms with E-state index in [1.165, 1.54) is 0 Å². The van der Waals surface area contributed by atoms with Crippen LogP contribution in [0, 0.1) is 0 Å². The van der Waals surface area contributed by atoms with Gasteiger partial charge < -0.3 is 0 Å². The Kier molecular flexibility index (Phi) is 1.42. The first-order chi connectivity index (χ1) is 6.16. The molecule has 2 aliphatic heterocycles. The molecule has 0 aromatic carbocycles. The van der Waals surface area contributed by atoms with E-state index < -0.39 is 17.8 Å². The summed E-state index contributed by atoms with van der Waals surface area (Å²) in [5, 5.41) is 1.95. The average Bonchev–Trinajstić information content (AvgIpc) is 2.06. The van der Waals surface area contributed by atoms with Crippen LogP contribution in [0.15, 0.2) is 21.6 Å². The molecule has 1 N–H and O–H groups in total. The fourth-order valence-electron chi connectivity index (χ4n) is 1.00. The SMILES string of the molecule is O=C1C=C2C(=O)NC(=O)N=C2C=N1. The Balaban J connectivity index is 2.53. The van der Waals surface area contributed by atoms with Crippen LogP contribution in [0.5, 0.6) is 0 Å². The van der Waals surface area contributed by atoms with Crippen LogP contribution in [0.4, 0.5) is 4.79 Å². The summed E-state index contributed by atoms with van der Waals surface area (Å²) in [6, 6.07) is -0.738. The van der Waals surface area contributed by atoms with Gasteiger partial charge in [-0.2, -0.15) is 4.99 Å². The highest BCUT2D eigenvalue weighted by atomic mass is 16.2. The molecule has 0 bridgehead atoms. The zero-order valence-electron chi connectivity index (χ0n) is 6.27. The Hall–Kier alpha value is -2.11. The van der Waals surface area contributed by atoms with E-state index in [0.29, 0.717) is 0 Å². The largest absolute Gasteiger partial charge is 0.348 e. The molecule has 0 aromatic heterocycles. The zero-order valence-corrected chi connectivity index (χ0v) is 6.27. The zero-order chi connectivity index (χ0) is 9.42. The Morgan fingerprint density at radius 3 is 2.77 bits per heavy atom. The van der Waals surface area contributed by atoms with Gasteiger partial charge in [-0.25, -0.2) is 9.79 Å². The van der Waals surface area contributed by atoms with Gasteiger partial charge in [0.05, 0.1) is 11.8 Å². The van der Waals surface area contributed by atoms with Gasteiger partial charge >= 0.3 is 6.03 Å². The number of nitrogens with zero attached hydrogens (tertiary/aromatic N) is 2. The summed E-state index contributed by atoms with van der Waals surface area (Å²) in [7, 11) is 0. The molecule has 6 heteroatoms. The average molecular weight is 177 g/mol. The van der Waals surface area contributed by atoms with Gasteiger partial charge in [0.15, 0.2) is 0 Å². The van der Waals surface area contributed by atoms with Crippen molar-refractivity contribution in [3.05, 3.63) is 11.6 Å². The van der Waals surface area contributed by atoms with Crippen molar-refractivity contribution >= 4 is 29.8 Å². The van der Waals surface area contributed by atoms with Gasteiger partial charge in [0.2, 0.25) is 0 Å². The predicted molar refractivity (Wildman–Crippen MR) is 42.6 cm³/mol. The van der Waals surface area contributed by atoms with Gasteiger partial charge in [0.1, 0.15) is 5.71 Å². The van der Waals surface area contributed by atoms with Crippen molar-refractivity contribution in [1.82, 2.24) is 5.32 Å². The van der Waals surface area contributed by atoms with E-state index in [0.717, 1.165) is 12.3 Å². The van der Waals surface area contributed by atoms with Gasteiger partial charge in [-0.15, -0.1) is 0 Å². The van der Waals surface area contributed by atoms with E-state index >= 15 is 0 Å². The van der Waals surface area contributed by atoms with Crippen LogP contribution < -0.4 is 5.32 Å². The first kappa shape index (κ1) is 7.53. The molecule has 0 spiro atoms. The first-order valence-electron chi connectivity index (χ1n) is 3.41. The van der Waals surface area contributed by atoms with E-state index in [-0.39, 0.29) is 11.3 Å². The van der Waals surface area contributed by atoms with Crippen LogP contribution in [0.25, 0.3) is 0 Å². The van der Waals surface area contributed by atoms with Crippen LogP contribution in [0.1, 0.15) is 0 Å². The van der Waals surface area contributed by atoms with E-state index in [2.05, 4.69) is 9.98 Å². The Morgan fingerprint density at radius 1 is 1.23 bits per heavy atom. The van der Waals surface area contributed by atoms with Crippen molar-refractivity contribution in [3.8, 4) is 0 Å². The second-order valence-corrected chi connectivity index (χ2v) is 2.41. The molecule has 0 atom stereocenters. The molecule has 2 aliphatic rings. The smallest absolute Gasteiger partial charge is 0.272 e. The summed E-state index contributed by atoms with van der Waals surface area (Å²) in [5.41, 5.74) is 0.216. The summed E-state index contributed by atoms with van der Waals surface area (Å²) in [6.45, 7) is 0. The molecule has 64 valence electrons. The minimum absolute atomic E-state index is 0.0830. The highest BCUT2D eigenvalue weighted by Crippen LogP contribution is 2.07. The summed E-state index contributed by atoms with van der Waals surface area (Å²) >= 11 is 0. The predicted octanol–water partition coefficient (Wildman–Crippen LogP) is -0.785. The lowest BCUT2D eigenvalue weighted by Gasteiger charge is -2.12. The molecular formula is C7H3N3O3. The molecule has 0 radical (unpaired) electrons. The number of fused-ring (bicyclic) bond motifs is 1. The second kappa shape index (κ2) is 2.44. The topological polar surface area (TPSA) is 88.0 Å². The first-order valence-corrected chi connectivity index (χ1v) is 3.41. The number of imide groups is 1. The van der Waals surface area contributed by atoms with Crippen LogP contribution in [0.3, 0.4) is 0 Å². The molecular weight excluding hydrogens is 174 g/mol. The summed E-state index contributed by atoms with van der Waals surface area (Å²) in [6.07, 6.45) is 2.15. The molecule has 2 rings (SSSR count). The maximum absolute atomic E-state index is 11.1. The molecule has 2 heterocycles. The fourth-order valence-corrected chi connectivity index (χ4v) is 1.00. The standard InChI is InChI=1S/C7H3N3O3/c11-5-1-3-4(2-8-5)9-7(13)10-6(3)12/h1-2H,(H,10,12,13). The number of urea groups is 1. The highest BCUT2D eigenvalue weighted by Gasteiger charge is 2.26. The lowest BCUT2D eigenvalue weighted by Crippen LogP contribution is -2.39. The second-order valence-electron chi connectivity index (χ2n) is 2.41. The maximum Gasteiger partial charge on any atom is 0.348 e. The van der Waals surface area contributed by atoms with Crippen LogP contribution in [-0.4, -0.2) is 29.8 Å². The quantitative estimate of drug-likeness (QED) is 0.526. The molecule has 0 unspecified atom stereocenters. The monoisotopic (exact) mass is 177 g/mol. The van der Waals surface area contributed by atoms with Crippen LogP contribution in [0.2, 0.25) is 0 Å². The third-order valence-electron chi connectivity index (χ3n) is 1.54. The summed E-state index contributed by atoms with van der Waals surface area (Å²) in [5.74, 6) is -1.15. The molecule has 0 aliphatic carbocycles. The fraction of sp³-hybridized carbons (Fsp3) is 0. The third-order valence-corrected chi connectivity index (χ3v) is 1.54. The number of carbonyl (C=O) groups is 3. The minimum Gasteiger partial charge on any atom is -0.272 e. The molecule has 4 amide bonds. The summed E-state index contributed by atoms with van der Waals surface area (Å²) in [4.78, 5) is 39.4. The molecule has 0 aromatic rings. The van der Waals surface area contributed by atoms with Gasteiger partial charge in [0.25, 0.3) is 11.8 Å². The van der Waals surface area contributed by atoms with Crippen LogP contribution >= 0.6 is 0 Å². The molecule has 0 fully saturated rings. The van der Waals surface area contributed by atoms with Gasteiger partial charge in [-0.1, -0.05) is 0 Å². The number of aliphatic imine (C=N–C) groups is 2. The van der Waals surface area contributed by atoms with Crippen molar-refractivity contribution in [2.45, 2.75) is 0 Å². The molecule has 0 saturated carbocycles. The van der Waals surface area contributed by atoms with Crippen molar-refractivity contribution in [2.24, 2.45) is 9.98 Å². The van der Waals surface area contributed by atoms with Crippen molar-refractivity contribution in [2.75, 3.05) is 0 Å². The van der Waals surface area contributed by atoms with Crippen molar-refractivity contribution < 1.29 is 14.4 Å². The van der Waals surface area contributed by atoms with Gasteiger partial charge in [-0.3, -0.25) is 14.9 Å². The lowest BCUT2D eigenvalue weighted by molar-refractivity contribution is -0.117.